The van der Waals surface area contributed by atoms with E-state index in [1.165, 1.54) is 12.4 Å². The van der Waals surface area contributed by atoms with Crippen molar-refractivity contribution in [3.63, 3.8) is 0 Å². The molecule has 0 spiro atoms. The highest BCUT2D eigenvalue weighted by Crippen LogP contribution is 2.43. The molecule has 3 aliphatic rings. The first-order chi connectivity index (χ1) is 23.5. The largest absolute Gasteiger partial charge is 0.475 e. The molecule has 6 rings (SSSR count). The number of alkyl halides is 1. The van der Waals surface area contributed by atoms with Crippen LogP contribution in [0.15, 0.2) is 12.4 Å². The van der Waals surface area contributed by atoms with Crippen LogP contribution >= 0.6 is 11.6 Å². The van der Waals surface area contributed by atoms with Crippen molar-refractivity contribution < 1.29 is 37.3 Å². The minimum atomic E-state index is -1.02. The Morgan fingerprint density at radius 1 is 1.08 bits per heavy atom. The van der Waals surface area contributed by atoms with Crippen LogP contribution < -0.4 is 19.3 Å². The van der Waals surface area contributed by atoms with Crippen LogP contribution in [-0.4, -0.2) is 97.8 Å². The normalized spacial score (nSPS) is 21.3. The second-order valence-electron chi connectivity index (χ2n) is 14.7. The standard InChI is InChI=1S/C33H41ClF2N8O6/c1-18(22-26(38-11-10-37-22)44(29(45)49-31(2,3)4)30(46)50-32(5,6)7)43-13-14-47-27-20-23(21(36)24(34)40-27)39-28(41-25(20)43)48-17-33-9-8-12-42(33)16-19(35)15-33/h10-11,18-19H,8-9,12-17H2,1-7H3/t18-,19-,33+/m1/s1. The fraction of sp³-hybridized carbons (Fsp3) is 0.606. The zero-order valence-electron chi connectivity index (χ0n) is 29.1. The van der Waals surface area contributed by atoms with Gasteiger partial charge in [-0.2, -0.15) is 19.9 Å². The minimum Gasteiger partial charge on any atom is -0.475 e. The summed E-state index contributed by atoms with van der Waals surface area (Å²) < 4.78 is 53.4. The highest BCUT2D eigenvalue weighted by atomic mass is 35.5. The number of anilines is 2. The Kier molecular flexibility index (Phi) is 9.39. The third-order valence-electron chi connectivity index (χ3n) is 8.68. The number of nitrogens with zero attached hydrogens (tertiary/aromatic N) is 8. The molecular weight excluding hydrogens is 678 g/mol. The molecule has 0 aromatic carbocycles. The van der Waals surface area contributed by atoms with Crippen molar-refractivity contribution in [2.75, 3.05) is 42.6 Å². The van der Waals surface area contributed by atoms with Crippen LogP contribution in [0.5, 0.6) is 11.9 Å². The number of hydrogen-bond acceptors (Lipinski definition) is 13. The molecule has 0 bridgehead atoms. The van der Waals surface area contributed by atoms with Crippen LogP contribution in [0.4, 0.5) is 30.0 Å². The van der Waals surface area contributed by atoms with Gasteiger partial charge in [-0.1, -0.05) is 11.6 Å². The molecule has 2 saturated heterocycles. The predicted octanol–water partition coefficient (Wildman–Crippen LogP) is 6.20. The first-order valence-corrected chi connectivity index (χ1v) is 16.9. The number of halogens is 3. The Labute approximate surface area is 293 Å². The SMILES string of the molecule is C[C@H](c1nccnc1N(C(=O)OC(C)(C)C)C(=O)OC(C)(C)C)N1CCOc2nc(Cl)c(F)c3nc(OC[C@@]45CCCN4C[C@H](F)C5)nc1c23. The molecule has 0 N–H and O–H groups in total. The van der Waals surface area contributed by atoms with Crippen molar-refractivity contribution in [3.05, 3.63) is 29.1 Å². The molecule has 3 atom stereocenters. The quantitative estimate of drug-likeness (QED) is 0.267. The lowest BCUT2D eigenvalue weighted by molar-refractivity contribution is 0.0428. The van der Waals surface area contributed by atoms with Crippen LogP contribution in [-0.2, 0) is 9.47 Å². The van der Waals surface area contributed by atoms with E-state index >= 15 is 4.39 Å². The van der Waals surface area contributed by atoms with Crippen LogP contribution in [0, 0.1) is 5.82 Å². The highest BCUT2D eigenvalue weighted by Gasteiger charge is 2.49. The molecule has 50 heavy (non-hydrogen) atoms. The van der Waals surface area contributed by atoms with Crippen molar-refractivity contribution in [1.29, 1.82) is 0 Å². The number of aromatic nitrogens is 5. The van der Waals surface area contributed by atoms with E-state index in [9.17, 15) is 14.0 Å². The summed E-state index contributed by atoms with van der Waals surface area (Å²) >= 11 is 6.18. The topological polar surface area (TPSA) is 145 Å². The number of pyridine rings is 1. The van der Waals surface area contributed by atoms with E-state index in [-0.39, 0.29) is 59.9 Å². The summed E-state index contributed by atoms with van der Waals surface area (Å²) in [4.78, 5) is 53.9. The Hall–Kier alpha value is -4.18. The van der Waals surface area contributed by atoms with Gasteiger partial charge >= 0.3 is 18.2 Å². The van der Waals surface area contributed by atoms with Crippen molar-refractivity contribution in [2.24, 2.45) is 0 Å². The number of rotatable bonds is 6. The van der Waals surface area contributed by atoms with Gasteiger partial charge in [0.2, 0.25) is 5.88 Å². The summed E-state index contributed by atoms with van der Waals surface area (Å²) in [5.41, 5.74) is -2.44. The average Bonchev–Trinajstić information content (AvgIpc) is 3.47. The maximum Gasteiger partial charge on any atom is 0.425 e. The first-order valence-electron chi connectivity index (χ1n) is 16.5. The lowest BCUT2D eigenvalue weighted by Gasteiger charge is -2.33. The summed E-state index contributed by atoms with van der Waals surface area (Å²) in [5.74, 6) is -0.841. The number of imide groups is 1. The van der Waals surface area contributed by atoms with Gasteiger partial charge in [-0.15, -0.1) is 0 Å². The summed E-state index contributed by atoms with van der Waals surface area (Å²) in [6.07, 6.45) is 1.72. The molecule has 0 saturated carbocycles. The van der Waals surface area contributed by atoms with Gasteiger partial charge in [0.05, 0.1) is 18.1 Å². The first kappa shape index (κ1) is 35.6. The smallest absolute Gasteiger partial charge is 0.425 e. The zero-order valence-corrected chi connectivity index (χ0v) is 29.9. The third kappa shape index (κ3) is 7.04. The van der Waals surface area contributed by atoms with Gasteiger partial charge in [0.1, 0.15) is 53.0 Å². The molecule has 17 heteroatoms. The maximum absolute atomic E-state index is 15.7. The summed E-state index contributed by atoms with van der Waals surface area (Å²) in [6.45, 7) is 13.2. The van der Waals surface area contributed by atoms with Gasteiger partial charge in [-0.25, -0.2) is 23.4 Å². The Morgan fingerprint density at radius 3 is 2.44 bits per heavy atom. The molecule has 3 aromatic rings. The van der Waals surface area contributed by atoms with E-state index < -0.39 is 52.1 Å². The molecule has 270 valence electrons. The lowest BCUT2D eigenvalue weighted by atomic mass is 9.95. The van der Waals surface area contributed by atoms with Gasteiger partial charge in [0, 0.05) is 25.4 Å². The van der Waals surface area contributed by atoms with E-state index in [0.29, 0.717) is 17.9 Å². The average molecular weight is 719 g/mol. The predicted molar refractivity (Wildman–Crippen MR) is 179 cm³/mol. The van der Waals surface area contributed by atoms with E-state index in [0.717, 1.165) is 19.4 Å². The molecule has 0 unspecified atom stereocenters. The van der Waals surface area contributed by atoms with Gasteiger partial charge in [0.15, 0.2) is 16.8 Å². The zero-order chi connectivity index (χ0) is 36.2. The number of amides is 2. The Morgan fingerprint density at radius 2 is 1.76 bits per heavy atom. The minimum absolute atomic E-state index is 0.0165. The van der Waals surface area contributed by atoms with Crippen LogP contribution in [0.2, 0.25) is 5.15 Å². The van der Waals surface area contributed by atoms with Gasteiger partial charge in [-0.3, -0.25) is 9.88 Å². The van der Waals surface area contributed by atoms with Crippen molar-refractivity contribution in [1.82, 2.24) is 29.8 Å². The van der Waals surface area contributed by atoms with Gasteiger partial charge in [0.25, 0.3) is 0 Å². The molecule has 6 heterocycles. The number of ether oxygens (including phenoxy) is 4. The van der Waals surface area contributed by atoms with E-state index in [1.807, 2.05) is 0 Å². The number of fused-ring (bicyclic) bond motifs is 1. The van der Waals surface area contributed by atoms with E-state index in [4.69, 9.17) is 35.5 Å². The molecule has 2 fully saturated rings. The molecule has 2 amide bonds. The second kappa shape index (κ2) is 13.2. The summed E-state index contributed by atoms with van der Waals surface area (Å²) in [6, 6.07) is -0.929. The number of hydrogen-bond donors (Lipinski definition) is 0. The Bertz CT molecular complexity index is 1780. The second-order valence-corrected chi connectivity index (χ2v) is 15.1. The molecule has 0 aliphatic carbocycles. The molecule has 0 radical (unpaired) electrons. The molecule has 3 aromatic heterocycles. The lowest BCUT2D eigenvalue weighted by Crippen LogP contribution is -2.45. The van der Waals surface area contributed by atoms with Gasteiger partial charge in [-0.05, 0) is 67.9 Å². The van der Waals surface area contributed by atoms with Crippen molar-refractivity contribution in [3.8, 4) is 11.9 Å². The fourth-order valence-electron chi connectivity index (χ4n) is 6.64. The maximum atomic E-state index is 15.7. The van der Waals surface area contributed by atoms with E-state index in [2.05, 4.69) is 24.8 Å². The van der Waals surface area contributed by atoms with E-state index in [1.54, 1.807) is 53.4 Å². The molecule has 14 nitrogen and oxygen atoms in total. The summed E-state index contributed by atoms with van der Waals surface area (Å²) in [7, 11) is 0. The van der Waals surface area contributed by atoms with Crippen LogP contribution in [0.3, 0.4) is 0 Å². The van der Waals surface area contributed by atoms with Crippen molar-refractivity contribution >= 4 is 46.3 Å². The highest BCUT2D eigenvalue weighted by molar-refractivity contribution is 6.30. The monoisotopic (exact) mass is 718 g/mol. The van der Waals surface area contributed by atoms with Crippen LogP contribution in [0.25, 0.3) is 10.9 Å². The van der Waals surface area contributed by atoms with Crippen molar-refractivity contribution in [2.45, 2.75) is 96.7 Å². The number of carbonyl (C=O) groups is 2. The molecule has 3 aliphatic heterocycles. The fourth-order valence-corrected chi connectivity index (χ4v) is 6.81. The third-order valence-corrected chi connectivity index (χ3v) is 8.93. The van der Waals surface area contributed by atoms with Crippen LogP contribution in [0.1, 0.15) is 79.5 Å². The number of carbonyl (C=O) groups excluding carboxylic acids is 2. The Balaban J connectivity index is 1.43. The molecular formula is C33H41ClF2N8O6. The summed E-state index contributed by atoms with van der Waals surface area (Å²) in [5, 5.41) is -0.307. The van der Waals surface area contributed by atoms with Gasteiger partial charge < -0.3 is 23.8 Å².